The van der Waals surface area contributed by atoms with Crippen molar-refractivity contribution in [3.63, 3.8) is 0 Å². The SMILES string of the molecule is Ic1cs[c]n1. The van der Waals surface area contributed by atoms with E-state index < -0.39 is 0 Å². The first-order chi connectivity index (χ1) is 2.89. The molecular formula is C3HINS. The summed E-state index contributed by atoms with van der Waals surface area (Å²) < 4.78 is 1.03. The number of rotatable bonds is 0. The molecule has 0 N–H and O–H groups in total. The van der Waals surface area contributed by atoms with E-state index in [2.05, 4.69) is 33.1 Å². The molecule has 31 valence electrons. The Hall–Kier alpha value is 0.360. The zero-order chi connectivity index (χ0) is 4.41. The van der Waals surface area contributed by atoms with Gasteiger partial charge in [-0.2, -0.15) is 0 Å². The average molecular weight is 210 g/mol. The maximum absolute atomic E-state index is 3.80. The third-order valence-electron chi connectivity index (χ3n) is 0.361. The zero-order valence-corrected chi connectivity index (χ0v) is 5.78. The van der Waals surface area contributed by atoms with E-state index in [-0.39, 0.29) is 0 Å². The summed E-state index contributed by atoms with van der Waals surface area (Å²) in [5.74, 6) is 0. The minimum absolute atomic E-state index is 1.03. The lowest BCUT2D eigenvalue weighted by Gasteiger charge is -1.61. The fourth-order valence-electron chi connectivity index (χ4n) is 0.171. The lowest BCUT2D eigenvalue weighted by atomic mass is 11.0. The number of aromatic nitrogens is 1. The van der Waals surface area contributed by atoms with Gasteiger partial charge in [0.25, 0.3) is 0 Å². The Labute approximate surface area is 53.6 Å². The lowest BCUT2D eigenvalue weighted by molar-refractivity contribution is 1.35. The van der Waals surface area contributed by atoms with Crippen molar-refractivity contribution in [2.75, 3.05) is 0 Å². The maximum atomic E-state index is 3.80. The van der Waals surface area contributed by atoms with Gasteiger partial charge in [0.05, 0.1) is 0 Å². The van der Waals surface area contributed by atoms with Crippen LogP contribution in [0, 0.1) is 9.21 Å². The molecule has 0 amide bonds. The molecule has 0 aliphatic carbocycles. The van der Waals surface area contributed by atoms with Crippen LogP contribution in [0.25, 0.3) is 0 Å². The summed E-state index contributed by atoms with van der Waals surface area (Å²) in [5.41, 5.74) is 2.71. The number of thiazole rings is 1. The van der Waals surface area contributed by atoms with Crippen LogP contribution in [-0.2, 0) is 0 Å². The molecule has 0 aromatic carbocycles. The van der Waals surface area contributed by atoms with Gasteiger partial charge in [-0.1, -0.05) is 0 Å². The number of hydrogen-bond donors (Lipinski definition) is 0. The van der Waals surface area contributed by atoms with E-state index in [1.54, 1.807) is 0 Å². The van der Waals surface area contributed by atoms with Crippen LogP contribution < -0.4 is 0 Å². The van der Waals surface area contributed by atoms with Crippen molar-refractivity contribution in [1.29, 1.82) is 0 Å². The highest BCUT2D eigenvalue weighted by molar-refractivity contribution is 14.1. The van der Waals surface area contributed by atoms with Gasteiger partial charge < -0.3 is 0 Å². The highest BCUT2D eigenvalue weighted by atomic mass is 127. The van der Waals surface area contributed by atoms with Gasteiger partial charge in [-0.05, 0) is 22.6 Å². The van der Waals surface area contributed by atoms with Gasteiger partial charge in [0.1, 0.15) is 3.70 Å². The van der Waals surface area contributed by atoms with E-state index in [0.717, 1.165) is 3.70 Å². The Kier molecular flexibility index (Phi) is 1.42. The molecule has 0 fully saturated rings. The van der Waals surface area contributed by atoms with Crippen molar-refractivity contribution in [3.8, 4) is 0 Å². The molecule has 0 atom stereocenters. The van der Waals surface area contributed by atoms with Crippen molar-refractivity contribution in [3.05, 3.63) is 14.6 Å². The summed E-state index contributed by atoms with van der Waals surface area (Å²) in [6.07, 6.45) is 0. The van der Waals surface area contributed by atoms with Gasteiger partial charge in [0, 0.05) is 5.38 Å². The molecule has 0 saturated heterocycles. The van der Waals surface area contributed by atoms with Crippen LogP contribution in [0.3, 0.4) is 0 Å². The van der Waals surface area contributed by atoms with Crippen LogP contribution in [-0.4, -0.2) is 4.98 Å². The maximum Gasteiger partial charge on any atom is 0.153 e. The summed E-state index contributed by atoms with van der Waals surface area (Å²) >= 11 is 3.64. The molecule has 1 radical (unpaired) electrons. The fraction of sp³-hybridized carbons (Fsp3) is 0. The van der Waals surface area contributed by atoms with E-state index in [0.29, 0.717) is 0 Å². The summed E-state index contributed by atoms with van der Waals surface area (Å²) in [6.45, 7) is 0. The Balaban J connectivity index is 3.05. The molecule has 3 heteroatoms. The van der Waals surface area contributed by atoms with Crippen molar-refractivity contribution in [1.82, 2.24) is 4.98 Å². The van der Waals surface area contributed by atoms with Gasteiger partial charge in [-0.3, -0.25) is 0 Å². The first-order valence-electron chi connectivity index (χ1n) is 1.36. The topological polar surface area (TPSA) is 12.9 Å². The highest BCUT2D eigenvalue weighted by Crippen LogP contribution is 2.01. The number of halogens is 1. The summed E-state index contributed by atoms with van der Waals surface area (Å²) in [7, 11) is 0. The molecule has 0 saturated carbocycles. The van der Waals surface area contributed by atoms with Crippen LogP contribution >= 0.6 is 33.9 Å². The molecule has 1 heterocycles. The summed E-state index contributed by atoms with van der Waals surface area (Å²) in [4.78, 5) is 3.80. The first-order valence-corrected chi connectivity index (χ1v) is 3.32. The van der Waals surface area contributed by atoms with E-state index in [1.165, 1.54) is 11.3 Å². The van der Waals surface area contributed by atoms with Crippen LogP contribution in [0.4, 0.5) is 0 Å². The molecular weight excluding hydrogens is 209 g/mol. The minimum atomic E-state index is 1.03. The monoisotopic (exact) mass is 210 g/mol. The number of nitrogens with zero attached hydrogens (tertiary/aromatic N) is 1. The standard InChI is InChI=1S/C3HINS/c4-3-1-6-2-5-3/h1H. The van der Waals surface area contributed by atoms with Gasteiger partial charge >= 0.3 is 0 Å². The third kappa shape index (κ3) is 0.909. The minimum Gasteiger partial charge on any atom is -0.228 e. The smallest absolute Gasteiger partial charge is 0.153 e. The first kappa shape index (κ1) is 4.52. The molecule has 1 aromatic rings. The quantitative estimate of drug-likeness (QED) is 0.592. The van der Waals surface area contributed by atoms with Crippen molar-refractivity contribution >= 4 is 33.9 Å². The van der Waals surface area contributed by atoms with Gasteiger partial charge in [0.2, 0.25) is 0 Å². The van der Waals surface area contributed by atoms with Crippen LogP contribution in [0.2, 0.25) is 0 Å². The van der Waals surface area contributed by atoms with Gasteiger partial charge in [-0.15, -0.1) is 11.3 Å². The number of hydrogen-bond acceptors (Lipinski definition) is 2. The lowest BCUT2D eigenvalue weighted by Crippen LogP contribution is -1.57. The fourth-order valence-corrected chi connectivity index (χ4v) is 1.19. The molecule has 0 bridgehead atoms. The predicted octanol–water partition coefficient (Wildman–Crippen LogP) is 1.55. The molecule has 0 aliphatic rings. The molecule has 1 aromatic heterocycles. The van der Waals surface area contributed by atoms with Gasteiger partial charge in [0.15, 0.2) is 5.51 Å². The van der Waals surface area contributed by atoms with Crippen molar-refractivity contribution in [2.45, 2.75) is 0 Å². The molecule has 1 rings (SSSR count). The van der Waals surface area contributed by atoms with Gasteiger partial charge in [-0.25, -0.2) is 4.98 Å². The third-order valence-corrected chi connectivity index (χ3v) is 1.87. The van der Waals surface area contributed by atoms with E-state index in [9.17, 15) is 0 Å². The largest absolute Gasteiger partial charge is 0.228 e. The Morgan fingerprint density at radius 2 is 2.83 bits per heavy atom. The average Bonchev–Trinajstić information content (AvgIpc) is 1.86. The van der Waals surface area contributed by atoms with E-state index in [1.807, 2.05) is 5.38 Å². The molecule has 0 unspecified atom stereocenters. The van der Waals surface area contributed by atoms with E-state index >= 15 is 0 Å². The molecule has 0 spiro atoms. The molecule has 1 nitrogen and oxygen atoms in total. The summed E-state index contributed by atoms with van der Waals surface area (Å²) in [6, 6.07) is 0. The van der Waals surface area contributed by atoms with Crippen LogP contribution in [0.15, 0.2) is 5.38 Å². The zero-order valence-electron chi connectivity index (χ0n) is 2.81. The predicted molar refractivity (Wildman–Crippen MR) is 33.7 cm³/mol. The second-order valence-electron chi connectivity index (χ2n) is 0.762. The Morgan fingerprint density at radius 3 is 3.00 bits per heavy atom. The van der Waals surface area contributed by atoms with Crippen molar-refractivity contribution < 1.29 is 0 Å². The second kappa shape index (κ2) is 1.88. The van der Waals surface area contributed by atoms with Crippen LogP contribution in [0.1, 0.15) is 0 Å². The highest BCUT2D eigenvalue weighted by Gasteiger charge is 1.79. The molecule has 6 heavy (non-hydrogen) atoms. The second-order valence-corrected chi connectivity index (χ2v) is 2.52. The summed E-state index contributed by atoms with van der Waals surface area (Å²) in [5, 5.41) is 1.94. The Bertz CT molecular complexity index is 114. The van der Waals surface area contributed by atoms with E-state index in [4.69, 9.17) is 0 Å². The van der Waals surface area contributed by atoms with Crippen LogP contribution in [0.5, 0.6) is 0 Å². The molecule has 0 aliphatic heterocycles. The van der Waals surface area contributed by atoms with Crippen molar-refractivity contribution in [2.24, 2.45) is 0 Å². The normalized spacial score (nSPS) is 8.83. The Morgan fingerprint density at radius 1 is 2.00 bits per heavy atom.